The fourth-order valence-electron chi connectivity index (χ4n) is 4.30. The number of carbonyl (C=O) groups excluding carboxylic acids is 2. The molecule has 1 aromatic carbocycles. The van der Waals surface area contributed by atoms with Crippen molar-refractivity contribution in [2.45, 2.75) is 50.9 Å². The molecule has 5 heteroatoms. The first-order valence-electron chi connectivity index (χ1n) is 9.57. The van der Waals surface area contributed by atoms with Crippen LogP contribution in [0.4, 0.5) is 10.5 Å². The van der Waals surface area contributed by atoms with Crippen LogP contribution in [0.1, 0.15) is 56.4 Å². The molecule has 1 aromatic rings. The Bertz CT molecular complexity index is 661. The zero-order chi connectivity index (χ0) is 17.3. The van der Waals surface area contributed by atoms with Gasteiger partial charge < -0.3 is 15.5 Å². The summed E-state index contributed by atoms with van der Waals surface area (Å²) in [6, 6.07) is 8.20. The molecule has 2 aliphatic heterocycles. The lowest BCUT2D eigenvalue weighted by Gasteiger charge is -2.41. The zero-order valence-electron chi connectivity index (χ0n) is 14.7. The van der Waals surface area contributed by atoms with Gasteiger partial charge in [-0.25, -0.2) is 4.79 Å². The van der Waals surface area contributed by atoms with E-state index >= 15 is 0 Å². The first-order chi connectivity index (χ1) is 12.2. The topological polar surface area (TPSA) is 61.4 Å². The number of amides is 3. The fraction of sp³-hybridized carbons (Fsp3) is 0.600. The summed E-state index contributed by atoms with van der Waals surface area (Å²) in [6.45, 7) is 2.34. The Kier molecular flexibility index (Phi) is 4.40. The molecule has 3 aliphatic rings. The van der Waals surface area contributed by atoms with Crippen LogP contribution in [0, 0.1) is 5.41 Å². The van der Waals surface area contributed by atoms with Gasteiger partial charge in [0.15, 0.2) is 0 Å². The molecule has 1 aliphatic carbocycles. The van der Waals surface area contributed by atoms with Crippen LogP contribution in [0.25, 0.3) is 0 Å². The predicted molar refractivity (Wildman–Crippen MR) is 97.5 cm³/mol. The molecule has 0 aromatic heterocycles. The van der Waals surface area contributed by atoms with E-state index < -0.39 is 0 Å². The second-order valence-electron chi connectivity index (χ2n) is 7.88. The fourth-order valence-corrected chi connectivity index (χ4v) is 4.30. The normalized spacial score (nSPS) is 23.0. The zero-order valence-corrected chi connectivity index (χ0v) is 14.7. The minimum atomic E-state index is 0.0192. The van der Waals surface area contributed by atoms with Crippen molar-refractivity contribution in [2.75, 3.05) is 25.0 Å². The summed E-state index contributed by atoms with van der Waals surface area (Å²) in [4.78, 5) is 26.2. The Morgan fingerprint density at radius 3 is 2.64 bits per heavy atom. The maximum atomic E-state index is 12.7. The van der Waals surface area contributed by atoms with E-state index in [4.69, 9.17) is 0 Å². The molecule has 2 N–H and O–H groups in total. The van der Waals surface area contributed by atoms with Gasteiger partial charge in [0.1, 0.15) is 0 Å². The number of urea groups is 1. The summed E-state index contributed by atoms with van der Waals surface area (Å²) < 4.78 is 0. The van der Waals surface area contributed by atoms with Crippen LogP contribution >= 0.6 is 0 Å². The highest BCUT2D eigenvalue weighted by molar-refractivity contribution is 5.90. The Morgan fingerprint density at radius 2 is 1.88 bits per heavy atom. The number of benzene rings is 1. The van der Waals surface area contributed by atoms with Gasteiger partial charge in [0.25, 0.3) is 0 Å². The van der Waals surface area contributed by atoms with Crippen molar-refractivity contribution >= 4 is 17.6 Å². The number of para-hydroxylation sites is 1. The van der Waals surface area contributed by atoms with Crippen molar-refractivity contribution in [3.8, 4) is 0 Å². The first-order valence-corrected chi connectivity index (χ1v) is 9.57. The molecule has 2 saturated heterocycles. The van der Waals surface area contributed by atoms with Crippen LogP contribution in [-0.2, 0) is 4.79 Å². The van der Waals surface area contributed by atoms with Crippen molar-refractivity contribution < 1.29 is 9.59 Å². The van der Waals surface area contributed by atoms with Crippen molar-refractivity contribution in [3.63, 3.8) is 0 Å². The largest absolute Gasteiger partial charge is 0.356 e. The van der Waals surface area contributed by atoms with Gasteiger partial charge in [-0.2, -0.15) is 0 Å². The molecule has 25 heavy (non-hydrogen) atoms. The van der Waals surface area contributed by atoms with Gasteiger partial charge in [0.05, 0.1) is 0 Å². The monoisotopic (exact) mass is 341 g/mol. The van der Waals surface area contributed by atoms with Gasteiger partial charge in [-0.3, -0.25) is 4.79 Å². The van der Waals surface area contributed by atoms with Crippen LogP contribution in [0.15, 0.2) is 24.3 Å². The van der Waals surface area contributed by atoms with E-state index in [1.54, 1.807) is 0 Å². The van der Waals surface area contributed by atoms with Crippen LogP contribution in [0.5, 0.6) is 0 Å². The third-order valence-corrected chi connectivity index (χ3v) is 6.19. The number of rotatable bonds is 2. The quantitative estimate of drug-likeness (QED) is 0.865. The van der Waals surface area contributed by atoms with E-state index in [1.807, 2.05) is 17.0 Å². The minimum absolute atomic E-state index is 0.0192. The second-order valence-corrected chi connectivity index (χ2v) is 7.88. The third kappa shape index (κ3) is 3.65. The molecular weight excluding hydrogens is 314 g/mol. The lowest BCUT2D eigenvalue weighted by atomic mass is 9.73. The van der Waals surface area contributed by atoms with Crippen LogP contribution < -0.4 is 10.6 Å². The van der Waals surface area contributed by atoms with Crippen molar-refractivity contribution in [2.24, 2.45) is 5.41 Å². The SMILES string of the molecule is O=C1CCC2(CCN1)CCN(C(=O)Nc1ccccc1C1CC1)CC2. The Hall–Kier alpha value is -2.04. The number of anilines is 1. The molecule has 3 amide bonds. The highest BCUT2D eigenvalue weighted by Gasteiger charge is 2.37. The molecule has 0 radical (unpaired) electrons. The van der Waals surface area contributed by atoms with Crippen LogP contribution in [-0.4, -0.2) is 36.5 Å². The van der Waals surface area contributed by atoms with E-state index in [0.29, 0.717) is 12.3 Å². The lowest BCUT2D eigenvalue weighted by molar-refractivity contribution is -0.121. The highest BCUT2D eigenvalue weighted by Crippen LogP contribution is 2.44. The first kappa shape index (κ1) is 16.4. The average molecular weight is 341 g/mol. The van der Waals surface area contributed by atoms with Gasteiger partial charge in [-0.15, -0.1) is 0 Å². The molecule has 0 unspecified atom stereocenters. The summed E-state index contributed by atoms with van der Waals surface area (Å²) in [6.07, 6.45) is 7.08. The molecule has 1 saturated carbocycles. The summed E-state index contributed by atoms with van der Waals surface area (Å²) >= 11 is 0. The predicted octanol–water partition coefficient (Wildman–Crippen LogP) is 3.48. The maximum Gasteiger partial charge on any atom is 0.321 e. The van der Waals surface area contributed by atoms with Crippen LogP contribution in [0.2, 0.25) is 0 Å². The van der Waals surface area contributed by atoms with Crippen LogP contribution in [0.3, 0.4) is 0 Å². The van der Waals surface area contributed by atoms with E-state index in [2.05, 4.69) is 22.8 Å². The molecule has 5 nitrogen and oxygen atoms in total. The van der Waals surface area contributed by atoms with Gasteiger partial charge in [-0.05, 0) is 61.5 Å². The summed E-state index contributed by atoms with van der Waals surface area (Å²) in [7, 11) is 0. The van der Waals surface area contributed by atoms with Gasteiger partial charge in [-0.1, -0.05) is 18.2 Å². The number of nitrogens with one attached hydrogen (secondary N) is 2. The third-order valence-electron chi connectivity index (χ3n) is 6.19. The summed E-state index contributed by atoms with van der Waals surface area (Å²) in [5.74, 6) is 0.797. The molecular formula is C20H27N3O2. The standard InChI is InChI=1S/C20H27N3O2/c24-18-7-8-20(9-12-21-18)10-13-23(14-11-20)19(25)22-17-4-2-1-3-16(17)15-5-6-15/h1-4,15H,5-14H2,(H,21,24)(H,22,25). The van der Waals surface area contributed by atoms with E-state index in [9.17, 15) is 9.59 Å². The molecule has 134 valence electrons. The lowest BCUT2D eigenvalue weighted by Crippen LogP contribution is -2.45. The number of piperidine rings is 1. The molecule has 1 spiro atoms. The van der Waals surface area contributed by atoms with Crippen molar-refractivity contribution in [3.05, 3.63) is 29.8 Å². The summed E-state index contributed by atoms with van der Waals surface area (Å²) in [5.41, 5.74) is 2.49. The smallest absolute Gasteiger partial charge is 0.321 e. The molecule has 0 bridgehead atoms. The molecule has 3 fully saturated rings. The number of hydrogen-bond acceptors (Lipinski definition) is 2. The molecule has 4 rings (SSSR count). The maximum absolute atomic E-state index is 12.7. The Labute approximate surface area is 149 Å². The van der Waals surface area contributed by atoms with Crippen molar-refractivity contribution in [1.82, 2.24) is 10.2 Å². The number of carbonyl (C=O) groups is 2. The number of nitrogens with zero attached hydrogens (tertiary/aromatic N) is 1. The number of likely N-dealkylation sites (tertiary alicyclic amines) is 1. The number of hydrogen-bond donors (Lipinski definition) is 2. The second kappa shape index (κ2) is 6.70. The summed E-state index contributed by atoms with van der Waals surface area (Å²) in [5, 5.41) is 6.11. The van der Waals surface area contributed by atoms with Gasteiger partial charge in [0.2, 0.25) is 5.91 Å². The van der Waals surface area contributed by atoms with E-state index in [0.717, 1.165) is 51.0 Å². The van der Waals surface area contributed by atoms with E-state index in [-0.39, 0.29) is 17.4 Å². The Morgan fingerprint density at radius 1 is 1.12 bits per heavy atom. The van der Waals surface area contributed by atoms with Gasteiger partial charge in [0, 0.05) is 31.7 Å². The average Bonchev–Trinajstić information content (AvgIpc) is 3.46. The molecule has 2 heterocycles. The molecule has 0 atom stereocenters. The minimum Gasteiger partial charge on any atom is -0.356 e. The highest BCUT2D eigenvalue weighted by atomic mass is 16.2. The Balaban J connectivity index is 1.36. The van der Waals surface area contributed by atoms with Gasteiger partial charge >= 0.3 is 6.03 Å². The van der Waals surface area contributed by atoms with E-state index in [1.165, 1.54) is 18.4 Å². The van der Waals surface area contributed by atoms with Crippen molar-refractivity contribution in [1.29, 1.82) is 0 Å².